The number of nitrogens with zero attached hydrogens (tertiary/aromatic N) is 1. The molecule has 2 rings (SSSR count). The lowest BCUT2D eigenvalue weighted by Gasteiger charge is -1.90. The molecule has 0 saturated heterocycles. The first-order chi connectivity index (χ1) is 5.68. The highest BCUT2D eigenvalue weighted by atomic mass is 19.1. The molecule has 12 heavy (non-hydrogen) atoms. The Morgan fingerprint density at radius 1 is 1.25 bits per heavy atom. The largest absolute Gasteiger partial charge is 0.340 e. The van der Waals surface area contributed by atoms with Gasteiger partial charge in [0.05, 0.1) is 0 Å². The van der Waals surface area contributed by atoms with Crippen molar-refractivity contribution in [2.75, 3.05) is 0 Å². The number of halogens is 2. The van der Waals surface area contributed by atoms with Crippen molar-refractivity contribution in [3.8, 4) is 0 Å². The molecule has 0 aliphatic heterocycles. The summed E-state index contributed by atoms with van der Waals surface area (Å²) in [5.41, 5.74) is 0.194. The van der Waals surface area contributed by atoms with Gasteiger partial charge < -0.3 is 4.98 Å². The molecule has 0 radical (unpaired) electrons. The van der Waals surface area contributed by atoms with Gasteiger partial charge in [-0.05, 0) is 19.1 Å². The molecule has 62 valence electrons. The minimum Gasteiger partial charge on any atom is -0.340 e. The zero-order valence-electron chi connectivity index (χ0n) is 6.36. The molecule has 0 unspecified atom stereocenters. The van der Waals surface area contributed by atoms with Crippen LogP contribution in [0.1, 0.15) is 5.82 Å². The summed E-state index contributed by atoms with van der Waals surface area (Å²) in [5.74, 6) is -0.475. The number of fused-ring (bicyclic) bond motifs is 1. The highest BCUT2D eigenvalue weighted by Gasteiger charge is 2.08. The summed E-state index contributed by atoms with van der Waals surface area (Å²) in [4.78, 5) is 6.44. The molecular formula is C8H6F2N2. The maximum Gasteiger partial charge on any atom is 0.151 e. The maximum absolute atomic E-state index is 12.9. The number of rotatable bonds is 0. The van der Waals surface area contributed by atoms with Crippen molar-refractivity contribution in [3.05, 3.63) is 29.6 Å². The SMILES string of the molecule is Cc1nc2c(F)ccc(F)c2[nH]1. The zero-order valence-corrected chi connectivity index (χ0v) is 6.36. The Kier molecular flexibility index (Phi) is 1.36. The second kappa shape index (κ2) is 2.27. The van der Waals surface area contributed by atoms with E-state index < -0.39 is 11.6 Å². The maximum atomic E-state index is 12.9. The molecule has 0 atom stereocenters. The molecule has 2 aromatic rings. The standard InChI is InChI=1S/C8H6F2N2/c1-4-11-7-5(9)2-3-6(10)8(7)12-4/h2-3H,1H3,(H,11,12). The highest BCUT2D eigenvalue weighted by molar-refractivity contribution is 5.76. The summed E-state index contributed by atoms with van der Waals surface area (Å²) in [7, 11) is 0. The fraction of sp³-hybridized carbons (Fsp3) is 0.125. The normalized spacial score (nSPS) is 10.9. The van der Waals surface area contributed by atoms with Crippen LogP contribution in [0.3, 0.4) is 0 Å². The van der Waals surface area contributed by atoms with Gasteiger partial charge in [0, 0.05) is 0 Å². The summed E-state index contributed by atoms with van der Waals surface area (Å²) >= 11 is 0. The van der Waals surface area contributed by atoms with Gasteiger partial charge in [0.2, 0.25) is 0 Å². The van der Waals surface area contributed by atoms with Crippen molar-refractivity contribution in [2.45, 2.75) is 6.92 Å². The monoisotopic (exact) mass is 168 g/mol. The first kappa shape index (κ1) is 7.21. The van der Waals surface area contributed by atoms with E-state index in [1.165, 1.54) is 0 Å². The van der Waals surface area contributed by atoms with Gasteiger partial charge in [0.1, 0.15) is 22.7 Å². The van der Waals surface area contributed by atoms with Crippen LogP contribution in [0.4, 0.5) is 8.78 Å². The van der Waals surface area contributed by atoms with E-state index in [-0.39, 0.29) is 11.0 Å². The quantitative estimate of drug-likeness (QED) is 0.641. The number of H-pyrrole nitrogens is 1. The number of aromatic nitrogens is 2. The average molecular weight is 168 g/mol. The minimum atomic E-state index is -0.504. The van der Waals surface area contributed by atoms with E-state index in [1.54, 1.807) is 6.92 Å². The zero-order chi connectivity index (χ0) is 8.72. The molecule has 0 aliphatic carbocycles. The van der Waals surface area contributed by atoms with Crippen molar-refractivity contribution in [3.63, 3.8) is 0 Å². The number of aromatic amines is 1. The number of benzene rings is 1. The van der Waals surface area contributed by atoms with E-state index in [4.69, 9.17) is 0 Å². The van der Waals surface area contributed by atoms with E-state index >= 15 is 0 Å². The topological polar surface area (TPSA) is 28.7 Å². The van der Waals surface area contributed by atoms with Crippen LogP contribution in [-0.2, 0) is 0 Å². The van der Waals surface area contributed by atoms with E-state index in [9.17, 15) is 8.78 Å². The predicted octanol–water partition coefficient (Wildman–Crippen LogP) is 2.15. The van der Waals surface area contributed by atoms with Gasteiger partial charge in [-0.3, -0.25) is 0 Å². The smallest absolute Gasteiger partial charge is 0.151 e. The molecule has 4 heteroatoms. The first-order valence-corrected chi connectivity index (χ1v) is 3.49. The summed E-state index contributed by atoms with van der Waals surface area (Å²) in [6, 6.07) is 2.15. The molecule has 1 N–H and O–H groups in total. The number of nitrogens with one attached hydrogen (secondary N) is 1. The van der Waals surface area contributed by atoms with Crippen LogP contribution in [0.5, 0.6) is 0 Å². The third kappa shape index (κ3) is 0.879. The Morgan fingerprint density at radius 2 is 1.92 bits per heavy atom. The Bertz CT molecular complexity index is 395. The summed E-state index contributed by atoms with van der Waals surface area (Å²) in [5, 5.41) is 0. The molecule has 0 aliphatic rings. The lowest BCUT2D eigenvalue weighted by Crippen LogP contribution is -1.81. The predicted molar refractivity (Wildman–Crippen MR) is 40.7 cm³/mol. The second-order valence-corrected chi connectivity index (χ2v) is 2.58. The molecule has 1 aromatic carbocycles. The van der Waals surface area contributed by atoms with Gasteiger partial charge in [-0.1, -0.05) is 0 Å². The molecule has 0 bridgehead atoms. The summed E-state index contributed by atoms with van der Waals surface area (Å²) in [6.07, 6.45) is 0. The van der Waals surface area contributed by atoms with Crippen molar-refractivity contribution in [1.29, 1.82) is 0 Å². The summed E-state index contributed by atoms with van der Waals surface area (Å²) in [6.45, 7) is 1.65. The van der Waals surface area contributed by atoms with Crippen LogP contribution in [-0.4, -0.2) is 9.97 Å². The van der Waals surface area contributed by atoms with E-state index in [2.05, 4.69) is 9.97 Å². The van der Waals surface area contributed by atoms with Crippen LogP contribution in [0.15, 0.2) is 12.1 Å². The van der Waals surface area contributed by atoms with Gasteiger partial charge in [-0.2, -0.15) is 0 Å². The van der Waals surface area contributed by atoms with Crippen LogP contribution in [0, 0.1) is 18.6 Å². The third-order valence-corrected chi connectivity index (χ3v) is 1.66. The van der Waals surface area contributed by atoms with Crippen LogP contribution < -0.4 is 0 Å². The summed E-state index contributed by atoms with van der Waals surface area (Å²) < 4.78 is 25.9. The molecular weight excluding hydrogens is 162 g/mol. The number of hydrogen-bond donors (Lipinski definition) is 1. The van der Waals surface area contributed by atoms with Gasteiger partial charge in [-0.25, -0.2) is 13.8 Å². The van der Waals surface area contributed by atoms with Gasteiger partial charge in [0.25, 0.3) is 0 Å². The first-order valence-electron chi connectivity index (χ1n) is 3.49. The molecule has 1 aromatic heterocycles. The Morgan fingerprint density at radius 3 is 2.58 bits per heavy atom. The van der Waals surface area contributed by atoms with Crippen LogP contribution >= 0.6 is 0 Å². The molecule has 0 fully saturated rings. The number of imidazole rings is 1. The highest BCUT2D eigenvalue weighted by Crippen LogP contribution is 2.17. The number of aryl methyl sites for hydroxylation is 1. The molecule has 2 nitrogen and oxygen atoms in total. The van der Waals surface area contributed by atoms with Crippen LogP contribution in [0.2, 0.25) is 0 Å². The van der Waals surface area contributed by atoms with E-state index in [0.29, 0.717) is 5.82 Å². The minimum absolute atomic E-state index is 0.0625. The fourth-order valence-corrected chi connectivity index (χ4v) is 1.15. The second-order valence-electron chi connectivity index (χ2n) is 2.58. The molecule has 0 spiro atoms. The Labute approximate surface area is 67.2 Å². The van der Waals surface area contributed by atoms with E-state index in [0.717, 1.165) is 12.1 Å². The van der Waals surface area contributed by atoms with Gasteiger partial charge in [0.15, 0.2) is 5.82 Å². The van der Waals surface area contributed by atoms with Crippen LogP contribution in [0.25, 0.3) is 11.0 Å². The third-order valence-electron chi connectivity index (χ3n) is 1.66. The van der Waals surface area contributed by atoms with Crippen molar-refractivity contribution < 1.29 is 8.78 Å². The average Bonchev–Trinajstić information content (AvgIpc) is 2.41. The Hall–Kier alpha value is -1.45. The van der Waals surface area contributed by atoms with Gasteiger partial charge >= 0.3 is 0 Å². The lowest BCUT2D eigenvalue weighted by atomic mass is 10.3. The van der Waals surface area contributed by atoms with Crippen molar-refractivity contribution in [2.24, 2.45) is 0 Å². The lowest BCUT2D eigenvalue weighted by molar-refractivity contribution is 0.615. The molecule has 0 saturated carbocycles. The molecule has 0 amide bonds. The van der Waals surface area contributed by atoms with Gasteiger partial charge in [-0.15, -0.1) is 0 Å². The van der Waals surface area contributed by atoms with E-state index in [1.807, 2.05) is 0 Å². The van der Waals surface area contributed by atoms with Crippen molar-refractivity contribution >= 4 is 11.0 Å². The fourth-order valence-electron chi connectivity index (χ4n) is 1.15. The molecule has 1 heterocycles. The number of hydrogen-bond acceptors (Lipinski definition) is 1. The van der Waals surface area contributed by atoms with Crippen molar-refractivity contribution in [1.82, 2.24) is 9.97 Å². The Balaban J connectivity index is 2.93.